The molecule has 1 aromatic carbocycles. The summed E-state index contributed by atoms with van der Waals surface area (Å²) >= 11 is 0. The fourth-order valence-electron chi connectivity index (χ4n) is 2.91. The fourth-order valence-corrected chi connectivity index (χ4v) is 2.91. The summed E-state index contributed by atoms with van der Waals surface area (Å²) in [6, 6.07) is 10.2. The zero-order valence-corrected chi connectivity index (χ0v) is 12.7. The summed E-state index contributed by atoms with van der Waals surface area (Å²) in [5.41, 5.74) is 1.24. The molecule has 1 aliphatic carbocycles. The molecule has 0 aromatic heterocycles. The average molecular weight is 287 g/mol. The smallest absolute Gasteiger partial charge is 0.222 e. The molecule has 1 heterocycles. The maximum absolute atomic E-state index is 12.3. The minimum absolute atomic E-state index is 0.264. The Labute approximate surface area is 127 Å². The van der Waals surface area contributed by atoms with Crippen LogP contribution in [0.5, 0.6) is 0 Å². The average Bonchev–Trinajstić information content (AvgIpc) is 3.36. The molecule has 1 unspecified atom stereocenters. The van der Waals surface area contributed by atoms with Crippen LogP contribution in [0, 0.1) is 5.92 Å². The van der Waals surface area contributed by atoms with Gasteiger partial charge >= 0.3 is 0 Å². The third-order valence-corrected chi connectivity index (χ3v) is 4.47. The Kier molecular flexibility index (Phi) is 4.91. The zero-order valence-electron chi connectivity index (χ0n) is 12.7. The van der Waals surface area contributed by atoms with Gasteiger partial charge in [-0.1, -0.05) is 30.3 Å². The van der Waals surface area contributed by atoms with Crippen LogP contribution in [0.1, 0.15) is 37.7 Å². The molecule has 0 bridgehead atoms. The number of likely N-dealkylation sites (tertiary alicyclic amines) is 1. The summed E-state index contributed by atoms with van der Waals surface area (Å²) in [4.78, 5) is 14.3. The third kappa shape index (κ3) is 4.57. The van der Waals surface area contributed by atoms with Gasteiger partial charge in [-0.25, -0.2) is 0 Å². The Balaban J connectivity index is 1.42. The second-order valence-corrected chi connectivity index (χ2v) is 6.37. The van der Waals surface area contributed by atoms with Crippen LogP contribution < -0.4 is 0 Å². The first-order chi connectivity index (χ1) is 10.3. The molecule has 3 nitrogen and oxygen atoms in total. The van der Waals surface area contributed by atoms with Crippen LogP contribution in [-0.4, -0.2) is 36.6 Å². The number of carbonyl (C=O) groups excluding carboxylic acids is 1. The molecular formula is C18H25NO2. The van der Waals surface area contributed by atoms with Crippen LogP contribution in [0.3, 0.4) is 0 Å². The highest BCUT2D eigenvalue weighted by Crippen LogP contribution is 2.30. The normalized spacial score (nSPS) is 22.3. The van der Waals surface area contributed by atoms with Gasteiger partial charge in [0.2, 0.25) is 5.91 Å². The highest BCUT2D eigenvalue weighted by Gasteiger charge is 2.27. The van der Waals surface area contributed by atoms with Crippen molar-refractivity contribution >= 4 is 5.91 Å². The molecule has 0 spiro atoms. The second kappa shape index (κ2) is 7.08. The van der Waals surface area contributed by atoms with Crippen LogP contribution >= 0.6 is 0 Å². The Morgan fingerprint density at radius 2 is 2.00 bits per heavy atom. The Morgan fingerprint density at radius 3 is 2.76 bits per heavy atom. The molecule has 3 heteroatoms. The standard InChI is InChI=1S/C18H25NO2/c20-18(11-10-15-5-2-1-3-6-15)19-12-4-7-17(13-19)21-14-16-8-9-16/h1-3,5-6,16-17H,4,7-14H2. The van der Waals surface area contributed by atoms with E-state index in [4.69, 9.17) is 4.74 Å². The van der Waals surface area contributed by atoms with E-state index in [1.165, 1.54) is 18.4 Å². The lowest BCUT2D eigenvalue weighted by molar-refractivity contribution is -0.135. The number of nitrogens with zero attached hydrogens (tertiary/aromatic N) is 1. The number of hydrogen-bond acceptors (Lipinski definition) is 2. The predicted octanol–water partition coefficient (Wildman–Crippen LogP) is 3.04. The lowest BCUT2D eigenvalue weighted by atomic mass is 10.1. The molecule has 1 saturated heterocycles. The predicted molar refractivity (Wildman–Crippen MR) is 83.0 cm³/mol. The van der Waals surface area contributed by atoms with Crippen molar-refractivity contribution in [2.45, 2.75) is 44.6 Å². The van der Waals surface area contributed by atoms with E-state index < -0.39 is 0 Å². The van der Waals surface area contributed by atoms with E-state index in [1.54, 1.807) is 0 Å². The van der Waals surface area contributed by atoms with E-state index in [0.29, 0.717) is 6.42 Å². The monoisotopic (exact) mass is 287 g/mol. The lowest BCUT2D eigenvalue weighted by Gasteiger charge is -2.32. The molecule has 1 amide bonds. The summed E-state index contributed by atoms with van der Waals surface area (Å²) in [5.74, 6) is 1.08. The Bertz CT molecular complexity index is 456. The van der Waals surface area contributed by atoms with Crippen molar-refractivity contribution in [3.63, 3.8) is 0 Å². The fraction of sp³-hybridized carbons (Fsp3) is 0.611. The highest BCUT2D eigenvalue weighted by molar-refractivity contribution is 5.76. The molecule has 3 rings (SSSR count). The molecule has 1 atom stereocenters. The number of benzene rings is 1. The van der Waals surface area contributed by atoms with Gasteiger partial charge in [-0.15, -0.1) is 0 Å². The summed E-state index contributed by atoms with van der Waals surface area (Å²) < 4.78 is 5.96. The summed E-state index contributed by atoms with van der Waals surface area (Å²) in [5, 5.41) is 0. The van der Waals surface area contributed by atoms with Gasteiger partial charge in [0, 0.05) is 26.1 Å². The van der Waals surface area contributed by atoms with E-state index >= 15 is 0 Å². The number of hydrogen-bond donors (Lipinski definition) is 0. The number of ether oxygens (including phenoxy) is 1. The first-order valence-corrected chi connectivity index (χ1v) is 8.24. The number of amides is 1. The zero-order chi connectivity index (χ0) is 14.5. The summed E-state index contributed by atoms with van der Waals surface area (Å²) in [6.07, 6.45) is 6.55. The topological polar surface area (TPSA) is 29.5 Å². The van der Waals surface area contributed by atoms with Crippen molar-refractivity contribution < 1.29 is 9.53 Å². The first-order valence-electron chi connectivity index (χ1n) is 8.24. The highest BCUT2D eigenvalue weighted by atomic mass is 16.5. The van der Waals surface area contributed by atoms with Gasteiger partial charge in [0.25, 0.3) is 0 Å². The third-order valence-electron chi connectivity index (χ3n) is 4.47. The largest absolute Gasteiger partial charge is 0.376 e. The maximum Gasteiger partial charge on any atom is 0.222 e. The number of aryl methyl sites for hydroxylation is 1. The molecule has 114 valence electrons. The van der Waals surface area contributed by atoms with Gasteiger partial charge in [0.15, 0.2) is 0 Å². The van der Waals surface area contributed by atoms with Crippen molar-refractivity contribution in [3.05, 3.63) is 35.9 Å². The molecule has 0 radical (unpaired) electrons. The first kappa shape index (κ1) is 14.6. The van der Waals surface area contributed by atoms with Crippen LogP contribution in [0.2, 0.25) is 0 Å². The van der Waals surface area contributed by atoms with Gasteiger partial charge in [0.05, 0.1) is 6.10 Å². The van der Waals surface area contributed by atoms with E-state index in [9.17, 15) is 4.79 Å². The van der Waals surface area contributed by atoms with E-state index in [0.717, 1.165) is 44.9 Å². The van der Waals surface area contributed by atoms with Gasteiger partial charge in [-0.2, -0.15) is 0 Å². The van der Waals surface area contributed by atoms with Crippen molar-refractivity contribution in [2.24, 2.45) is 5.92 Å². The van der Waals surface area contributed by atoms with Crippen LogP contribution in [0.15, 0.2) is 30.3 Å². The second-order valence-electron chi connectivity index (χ2n) is 6.37. The van der Waals surface area contributed by atoms with Crippen molar-refractivity contribution in [3.8, 4) is 0 Å². The molecule has 2 fully saturated rings. The Morgan fingerprint density at radius 1 is 1.19 bits per heavy atom. The number of piperidine rings is 1. The van der Waals surface area contributed by atoms with Crippen LogP contribution in [-0.2, 0) is 16.0 Å². The minimum Gasteiger partial charge on any atom is -0.376 e. The van der Waals surface area contributed by atoms with Gasteiger partial charge in [0.1, 0.15) is 0 Å². The molecule has 1 saturated carbocycles. The van der Waals surface area contributed by atoms with Crippen molar-refractivity contribution in [1.82, 2.24) is 4.90 Å². The number of rotatable bonds is 6. The molecule has 1 aromatic rings. The lowest BCUT2D eigenvalue weighted by Crippen LogP contribution is -2.43. The summed E-state index contributed by atoms with van der Waals surface area (Å²) in [6.45, 7) is 2.59. The molecule has 1 aliphatic heterocycles. The quantitative estimate of drug-likeness (QED) is 0.805. The van der Waals surface area contributed by atoms with Crippen molar-refractivity contribution in [1.29, 1.82) is 0 Å². The SMILES string of the molecule is O=C(CCc1ccccc1)N1CCCC(OCC2CC2)C1. The van der Waals surface area contributed by atoms with E-state index in [2.05, 4.69) is 12.1 Å². The molecule has 21 heavy (non-hydrogen) atoms. The van der Waals surface area contributed by atoms with Gasteiger partial charge in [-0.05, 0) is 43.6 Å². The minimum atomic E-state index is 0.264. The maximum atomic E-state index is 12.3. The summed E-state index contributed by atoms with van der Waals surface area (Å²) in [7, 11) is 0. The van der Waals surface area contributed by atoms with Crippen LogP contribution in [0.25, 0.3) is 0 Å². The van der Waals surface area contributed by atoms with E-state index in [1.807, 2.05) is 23.1 Å². The van der Waals surface area contributed by atoms with Gasteiger partial charge in [-0.3, -0.25) is 4.79 Å². The van der Waals surface area contributed by atoms with Crippen molar-refractivity contribution in [2.75, 3.05) is 19.7 Å². The number of carbonyl (C=O) groups is 1. The molecule has 0 N–H and O–H groups in total. The molecule has 2 aliphatic rings. The van der Waals surface area contributed by atoms with Crippen LogP contribution in [0.4, 0.5) is 0 Å². The molecular weight excluding hydrogens is 262 g/mol. The van der Waals surface area contributed by atoms with Gasteiger partial charge < -0.3 is 9.64 Å². The van der Waals surface area contributed by atoms with E-state index in [-0.39, 0.29) is 12.0 Å². The Hall–Kier alpha value is -1.35.